The molecule has 2 heterocycles. The summed E-state index contributed by atoms with van der Waals surface area (Å²) in [5.74, 6) is 0.994. The third kappa shape index (κ3) is 4.91. The summed E-state index contributed by atoms with van der Waals surface area (Å²) in [7, 11) is 0. The van der Waals surface area contributed by atoms with Crippen molar-refractivity contribution in [3.05, 3.63) is 69.2 Å². The zero-order chi connectivity index (χ0) is 21.8. The van der Waals surface area contributed by atoms with Gasteiger partial charge in [0.15, 0.2) is 5.16 Å². The molecule has 1 unspecified atom stereocenters. The average molecular weight is 499 g/mol. The molecular weight excluding hydrogens is 476 g/mol. The van der Waals surface area contributed by atoms with Gasteiger partial charge in [0, 0.05) is 16.6 Å². The van der Waals surface area contributed by atoms with E-state index in [2.05, 4.69) is 33.1 Å². The highest BCUT2D eigenvalue weighted by Gasteiger charge is 2.20. The molecule has 4 rings (SSSR count). The van der Waals surface area contributed by atoms with Crippen molar-refractivity contribution >= 4 is 38.6 Å². The molecule has 0 fully saturated rings. The Kier molecular flexibility index (Phi) is 6.87. The average Bonchev–Trinajstić information content (AvgIpc) is 3.28. The topological polar surface area (TPSA) is 73.8 Å². The molecule has 0 aliphatic heterocycles. The molecule has 0 N–H and O–H groups in total. The zero-order valence-electron chi connectivity index (χ0n) is 17.4. The first-order valence-corrected chi connectivity index (χ1v) is 12.0. The maximum absolute atomic E-state index is 13.2. The number of unbranched alkanes of at least 4 members (excludes halogenated alkanes) is 2. The molecule has 8 heteroatoms. The number of benzene rings is 2. The summed E-state index contributed by atoms with van der Waals surface area (Å²) < 4.78 is 8.56. The molecule has 2 aromatic carbocycles. The highest BCUT2D eigenvalue weighted by Crippen LogP contribution is 2.34. The molecule has 160 valence electrons. The smallest absolute Gasteiger partial charge is 0.262 e. The summed E-state index contributed by atoms with van der Waals surface area (Å²) in [6, 6.07) is 15.3. The van der Waals surface area contributed by atoms with Crippen LogP contribution in [0.3, 0.4) is 0 Å². The van der Waals surface area contributed by atoms with Crippen LogP contribution >= 0.6 is 27.7 Å². The molecular formula is C23H23BrN4O2S. The second-order valence-electron chi connectivity index (χ2n) is 7.29. The van der Waals surface area contributed by atoms with Crippen LogP contribution in [0.4, 0.5) is 0 Å². The maximum atomic E-state index is 13.2. The fourth-order valence-corrected chi connectivity index (χ4v) is 4.61. The molecule has 0 saturated carbocycles. The van der Waals surface area contributed by atoms with Gasteiger partial charge in [-0.3, -0.25) is 9.36 Å². The number of thioether (sulfide) groups is 1. The van der Waals surface area contributed by atoms with Gasteiger partial charge in [0.25, 0.3) is 5.56 Å². The van der Waals surface area contributed by atoms with Crippen LogP contribution in [0.2, 0.25) is 0 Å². The quantitative estimate of drug-likeness (QED) is 0.162. The van der Waals surface area contributed by atoms with E-state index in [-0.39, 0.29) is 10.8 Å². The summed E-state index contributed by atoms with van der Waals surface area (Å²) in [5.41, 5.74) is 1.54. The van der Waals surface area contributed by atoms with Crippen LogP contribution in [0.5, 0.6) is 0 Å². The molecule has 4 aromatic rings. The van der Waals surface area contributed by atoms with E-state index in [0.717, 1.165) is 29.3 Å². The molecule has 0 aliphatic carbocycles. The van der Waals surface area contributed by atoms with Crippen LogP contribution in [-0.2, 0) is 6.54 Å². The lowest BCUT2D eigenvalue weighted by Gasteiger charge is -2.15. The summed E-state index contributed by atoms with van der Waals surface area (Å²) in [6.45, 7) is 4.77. The maximum Gasteiger partial charge on any atom is 0.262 e. The van der Waals surface area contributed by atoms with E-state index < -0.39 is 0 Å². The van der Waals surface area contributed by atoms with Crippen LogP contribution in [0.1, 0.15) is 44.3 Å². The van der Waals surface area contributed by atoms with Crippen molar-refractivity contribution in [3.63, 3.8) is 0 Å². The Labute approximate surface area is 193 Å². The second-order valence-corrected chi connectivity index (χ2v) is 9.51. The molecule has 0 radical (unpaired) electrons. The van der Waals surface area contributed by atoms with E-state index in [1.165, 1.54) is 11.8 Å². The van der Waals surface area contributed by atoms with Gasteiger partial charge in [-0.15, -0.1) is 10.2 Å². The summed E-state index contributed by atoms with van der Waals surface area (Å²) in [6.07, 6.45) is 3.08. The number of hydrogen-bond donors (Lipinski definition) is 0. The zero-order valence-corrected chi connectivity index (χ0v) is 19.8. The third-order valence-corrected chi connectivity index (χ3v) is 6.53. The number of aromatic nitrogens is 4. The lowest BCUT2D eigenvalue weighted by molar-refractivity contribution is 0.506. The first-order chi connectivity index (χ1) is 15.1. The van der Waals surface area contributed by atoms with Crippen molar-refractivity contribution in [1.29, 1.82) is 0 Å². The molecule has 1 atom stereocenters. The molecule has 2 aromatic heterocycles. The Morgan fingerprint density at radius 3 is 2.71 bits per heavy atom. The van der Waals surface area contributed by atoms with E-state index >= 15 is 0 Å². The van der Waals surface area contributed by atoms with Crippen molar-refractivity contribution < 1.29 is 4.42 Å². The normalized spacial score (nSPS) is 12.4. The van der Waals surface area contributed by atoms with Crippen LogP contribution in [-0.4, -0.2) is 19.7 Å². The van der Waals surface area contributed by atoms with Gasteiger partial charge < -0.3 is 4.42 Å². The molecule has 0 bridgehead atoms. The Hall–Kier alpha value is -2.45. The van der Waals surface area contributed by atoms with Gasteiger partial charge in [-0.1, -0.05) is 65.7 Å². The predicted octanol–water partition coefficient (Wildman–Crippen LogP) is 6.25. The first-order valence-electron chi connectivity index (χ1n) is 10.3. The highest BCUT2D eigenvalue weighted by atomic mass is 79.9. The van der Waals surface area contributed by atoms with Gasteiger partial charge in [0.1, 0.15) is 0 Å². The first kappa shape index (κ1) is 21.8. The molecule has 6 nitrogen and oxygen atoms in total. The summed E-state index contributed by atoms with van der Waals surface area (Å²) in [5, 5.41) is 9.55. The molecule has 0 saturated heterocycles. The van der Waals surface area contributed by atoms with Gasteiger partial charge in [0.05, 0.1) is 16.2 Å². The minimum atomic E-state index is -0.151. The van der Waals surface area contributed by atoms with E-state index in [9.17, 15) is 4.79 Å². The third-order valence-electron chi connectivity index (χ3n) is 4.96. The highest BCUT2D eigenvalue weighted by molar-refractivity contribution is 9.10. The fraction of sp³-hybridized carbons (Fsp3) is 0.304. The minimum Gasteiger partial charge on any atom is -0.419 e. The Bertz CT molecular complexity index is 1240. The molecule has 31 heavy (non-hydrogen) atoms. The monoisotopic (exact) mass is 498 g/mol. The molecule has 0 aliphatic rings. The number of fused-ring (bicyclic) bond motifs is 1. The van der Waals surface area contributed by atoms with Gasteiger partial charge in [-0.25, -0.2) is 4.98 Å². The Balaban J connectivity index is 1.66. The van der Waals surface area contributed by atoms with Gasteiger partial charge in [-0.05, 0) is 43.7 Å². The fourth-order valence-electron chi connectivity index (χ4n) is 3.28. The van der Waals surface area contributed by atoms with Crippen molar-refractivity contribution in [2.45, 2.75) is 50.1 Å². The van der Waals surface area contributed by atoms with Crippen LogP contribution < -0.4 is 5.56 Å². The van der Waals surface area contributed by atoms with Crippen LogP contribution in [0.25, 0.3) is 22.4 Å². The SMILES string of the molecule is CCCCCn1c(SC(C)c2nnc(-c3ccccc3)o2)nc2ccc(Br)cc2c1=O. The van der Waals surface area contributed by atoms with Gasteiger partial charge in [-0.2, -0.15) is 0 Å². The lowest BCUT2D eigenvalue weighted by Crippen LogP contribution is -2.23. The molecule has 0 amide bonds. The van der Waals surface area contributed by atoms with E-state index in [4.69, 9.17) is 9.40 Å². The van der Waals surface area contributed by atoms with Crippen molar-refractivity contribution in [2.24, 2.45) is 0 Å². The lowest BCUT2D eigenvalue weighted by atomic mass is 10.2. The van der Waals surface area contributed by atoms with Gasteiger partial charge >= 0.3 is 0 Å². The summed E-state index contributed by atoms with van der Waals surface area (Å²) in [4.78, 5) is 18.0. The minimum absolute atomic E-state index is 0.0207. The predicted molar refractivity (Wildman–Crippen MR) is 127 cm³/mol. The van der Waals surface area contributed by atoms with Crippen molar-refractivity contribution in [2.75, 3.05) is 0 Å². The van der Waals surface area contributed by atoms with E-state index in [1.54, 1.807) is 4.57 Å². The second kappa shape index (κ2) is 9.78. The standard InChI is InChI=1S/C23H23BrN4O2S/c1-3-4-8-13-28-22(29)18-14-17(24)11-12-19(18)25-23(28)31-15(2)20-26-27-21(30-20)16-9-6-5-7-10-16/h5-7,9-12,14-15H,3-4,8,13H2,1-2H3. The largest absolute Gasteiger partial charge is 0.419 e. The van der Waals surface area contributed by atoms with Crippen LogP contribution in [0.15, 0.2) is 67.4 Å². The number of nitrogens with zero attached hydrogens (tertiary/aromatic N) is 4. The number of hydrogen-bond acceptors (Lipinski definition) is 6. The van der Waals surface area contributed by atoms with E-state index in [0.29, 0.717) is 34.4 Å². The number of halogens is 1. The van der Waals surface area contributed by atoms with Crippen molar-refractivity contribution in [1.82, 2.24) is 19.7 Å². The number of rotatable bonds is 8. The van der Waals surface area contributed by atoms with E-state index in [1.807, 2.05) is 55.5 Å². The van der Waals surface area contributed by atoms with Crippen LogP contribution in [0, 0.1) is 0 Å². The van der Waals surface area contributed by atoms with Gasteiger partial charge in [0.2, 0.25) is 11.8 Å². The molecule has 0 spiro atoms. The summed E-state index contributed by atoms with van der Waals surface area (Å²) >= 11 is 4.92. The Morgan fingerprint density at radius 2 is 1.94 bits per heavy atom. The van der Waals surface area contributed by atoms with Crippen molar-refractivity contribution in [3.8, 4) is 11.5 Å². The Morgan fingerprint density at radius 1 is 1.13 bits per heavy atom.